The number of anilines is 1. The second-order valence-corrected chi connectivity index (χ2v) is 7.08. The molecule has 0 atom stereocenters. The van der Waals surface area contributed by atoms with Gasteiger partial charge in [0.25, 0.3) is 0 Å². The fourth-order valence-corrected chi connectivity index (χ4v) is 3.67. The van der Waals surface area contributed by atoms with E-state index in [2.05, 4.69) is 41.0 Å². The van der Waals surface area contributed by atoms with Gasteiger partial charge in [0.2, 0.25) is 5.91 Å². The van der Waals surface area contributed by atoms with E-state index in [0.717, 1.165) is 57.1 Å². The van der Waals surface area contributed by atoms with Gasteiger partial charge in [-0.2, -0.15) is 5.26 Å². The average Bonchev–Trinajstić information content (AvgIpc) is 2.51. The van der Waals surface area contributed by atoms with Gasteiger partial charge in [-0.1, -0.05) is 18.6 Å². The first-order chi connectivity index (χ1) is 11.1. The highest BCUT2D eigenvalue weighted by atomic mass is 16.2. The molecule has 2 saturated carbocycles. The number of benzene rings is 1. The summed E-state index contributed by atoms with van der Waals surface area (Å²) >= 11 is 0. The van der Waals surface area contributed by atoms with Crippen molar-refractivity contribution in [1.82, 2.24) is 5.32 Å². The lowest BCUT2D eigenvalue weighted by Gasteiger charge is -2.40. The van der Waals surface area contributed by atoms with Crippen molar-refractivity contribution in [3.8, 4) is 6.07 Å². The van der Waals surface area contributed by atoms with Gasteiger partial charge in [0, 0.05) is 18.2 Å². The first-order valence-electron chi connectivity index (χ1n) is 8.62. The normalized spacial score (nSPS) is 20.5. The minimum Gasteiger partial charge on any atom is -0.367 e. The first kappa shape index (κ1) is 15.9. The number of hydrogen-bond acceptors (Lipinski definition) is 3. The smallest absolute Gasteiger partial charge is 0.225 e. The van der Waals surface area contributed by atoms with Crippen LogP contribution in [-0.4, -0.2) is 18.5 Å². The molecule has 0 radical (unpaired) electrons. The van der Waals surface area contributed by atoms with Crippen LogP contribution < -0.4 is 10.6 Å². The van der Waals surface area contributed by atoms with Crippen LogP contribution in [0, 0.1) is 16.7 Å². The number of nitriles is 1. The number of nitrogens with one attached hydrogen (secondary N) is 2. The van der Waals surface area contributed by atoms with Crippen LogP contribution in [0.3, 0.4) is 0 Å². The van der Waals surface area contributed by atoms with Gasteiger partial charge in [0.15, 0.2) is 0 Å². The molecule has 3 rings (SSSR count). The lowest BCUT2D eigenvalue weighted by molar-refractivity contribution is -0.136. The van der Waals surface area contributed by atoms with Gasteiger partial charge in [-0.15, -0.1) is 0 Å². The maximum absolute atomic E-state index is 12.1. The second kappa shape index (κ2) is 6.23. The maximum Gasteiger partial charge on any atom is 0.225 e. The average molecular weight is 311 g/mol. The van der Waals surface area contributed by atoms with Crippen LogP contribution in [0.25, 0.3) is 0 Å². The van der Waals surface area contributed by atoms with E-state index in [0.29, 0.717) is 0 Å². The molecule has 0 saturated heterocycles. The van der Waals surface area contributed by atoms with Gasteiger partial charge in [0.05, 0.1) is 6.07 Å². The number of amides is 1. The zero-order valence-electron chi connectivity index (χ0n) is 13.8. The Morgan fingerprint density at radius 1 is 1.17 bits per heavy atom. The van der Waals surface area contributed by atoms with E-state index in [1.165, 1.54) is 5.56 Å². The van der Waals surface area contributed by atoms with Gasteiger partial charge in [-0.05, 0) is 62.6 Å². The van der Waals surface area contributed by atoms with Crippen LogP contribution in [-0.2, 0) is 11.2 Å². The summed E-state index contributed by atoms with van der Waals surface area (Å²) in [4.78, 5) is 12.1. The maximum atomic E-state index is 12.1. The summed E-state index contributed by atoms with van der Waals surface area (Å²) in [5.74, 6) is 0.197. The van der Waals surface area contributed by atoms with Crippen molar-refractivity contribution in [2.24, 2.45) is 5.41 Å². The Bertz CT molecular complexity index is 606. The summed E-state index contributed by atoms with van der Waals surface area (Å²) in [5.41, 5.74) is 1.78. The number of rotatable bonds is 6. The first-order valence-corrected chi connectivity index (χ1v) is 8.62. The molecule has 0 aromatic heterocycles. The van der Waals surface area contributed by atoms with Crippen molar-refractivity contribution in [3.63, 3.8) is 0 Å². The molecule has 122 valence electrons. The Balaban J connectivity index is 1.58. The van der Waals surface area contributed by atoms with Crippen LogP contribution in [0.1, 0.15) is 50.5 Å². The lowest BCUT2D eigenvalue weighted by atomic mass is 9.65. The SMILES string of the molecule is CNC(=O)C1(CCc2ccc(NC3(C#N)CCC3)cc2)CCC1. The van der Waals surface area contributed by atoms with Crippen molar-refractivity contribution in [2.75, 3.05) is 12.4 Å². The molecule has 0 spiro atoms. The number of carbonyl (C=O) groups excluding carboxylic acids is 1. The second-order valence-electron chi connectivity index (χ2n) is 7.08. The van der Waals surface area contributed by atoms with Crippen molar-refractivity contribution < 1.29 is 4.79 Å². The van der Waals surface area contributed by atoms with Crippen LogP contribution in [0.5, 0.6) is 0 Å². The minimum absolute atomic E-state index is 0.136. The fraction of sp³-hybridized carbons (Fsp3) is 0.579. The van der Waals surface area contributed by atoms with E-state index in [-0.39, 0.29) is 16.9 Å². The Hall–Kier alpha value is -2.02. The van der Waals surface area contributed by atoms with Crippen molar-refractivity contribution in [1.29, 1.82) is 5.26 Å². The third-order valence-corrected chi connectivity index (χ3v) is 5.67. The van der Waals surface area contributed by atoms with Gasteiger partial charge < -0.3 is 10.6 Å². The van der Waals surface area contributed by atoms with E-state index in [1.54, 1.807) is 7.05 Å². The third-order valence-electron chi connectivity index (χ3n) is 5.67. The largest absolute Gasteiger partial charge is 0.367 e. The van der Waals surface area contributed by atoms with E-state index in [1.807, 2.05) is 0 Å². The van der Waals surface area contributed by atoms with Crippen LogP contribution in [0.15, 0.2) is 24.3 Å². The third kappa shape index (κ3) is 3.06. The van der Waals surface area contributed by atoms with E-state index in [4.69, 9.17) is 0 Å². The highest BCUT2D eigenvalue weighted by Crippen LogP contribution is 2.45. The number of aryl methyl sites for hydroxylation is 1. The Labute approximate surface area is 138 Å². The monoisotopic (exact) mass is 311 g/mol. The number of nitrogens with zero attached hydrogens (tertiary/aromatic N) is 1. The molecular formula is C19H25N3O. The minimum atomic E-state index is -0.350. The predicted molar refractivity (Wildman–Crippen MR) is 90.9 cm³/mol. The van der Waals surface area contributed by atoms with E-state index < -0.39 is 0 Å². The van der Waals surface area contributed by atoms with Crippen LogP contribution in [0.4, 0.5) is 5.69 Å². The topological polar surface area (TPSA) is 64.9 Å². The molecule has 4 nitrogen and oxygen atoms in total. The molecule has 2 aliphatic rings. The van der Waals surface area contributed by atoms with E-state index >= 15 is 0 Å². The summed E-state index contributed by atoms with van der Waals surface area (Å²) in [6.07, 6.45) is 8.01. The molecule has 2 fully saturated rings. The summed E-state index contributed by atoms with van der Waals surface area (Å²) < 4.78 is 0. The Morgan fingerprint density at radius 3 is 2.26 bits per heavy atom. The summed E-state index contributed by atoms with van der Waals surface area (Å²) in [7, 11) is 1.73. The molecule has 0 unspecified atom stereocenters. The van der Waals surface area contributed by atoms with Gasteiger partial charge in [-0.25, -0.2) is 0 Å². The molecule has 2 aliphatic carbocycles. The fourth-order valence-electron chi connectivity index (χ4n) is 3.67. The highest BCUT2D eigenvalue weighted by Gasteiger charge is 2.42. The Morgan fingerprint density at radius 2 is 1.83 bits per heavy atom. The molecule has 1 amide bonds. The van der Waals surface area contributed by atoms with Crippen molar-refractivity contribution >= 4 is 11.6 Å². The molecule has 1 aromatic carbocycles. The van der Waals surface area contributed by atoms with E-state index in [9.17, 15) is 10.1 Å². The molecule has 2 N–H and O–H groups in total. The molecule has 0 aliphatic heterocycles. The predicted octanol–water partition coefficient (Wildman–Crippen LogP) is 3.39. The molecule has 23 heavy (non-hydrogen) atoms. The van der Waals surface area contributed by atoms with Gasteiger partial charge in [-0.3, -0.25) is 4.79 Å². The Kier molecular flexibility index (Phi) is 4.30. The number of hydrogen-bond donors (Lipinski definition) is 2. The molecule has 4 heteroatoms. The number of carbonyl (C=O) groups is 1. The summed E-state index contributed by atoms with van der Waals surface area (Å²) in [5, 5.41) is 15.5. The molecule has 1 aromatic rings. The summed E-state index contributed by atoms with van der Waals surface area (Å²) in [6, 6.07) is 10.7. The highest BCUT2D eigenvalue weighted by molar-refractivity contribution is 5.83. The van der Waals surface area contributed by atoms with Crippen LogP contribution >= 0.6 is 0 Å². The molecule has 0 bridgehead atoms. The van der Waals surface area contributed by atoms with Crippen molar-refractivity contribution in [3.05, 3.63) is 29.8 Å². The van der Waals surface area contributed by atoms with Gasteiger partial charge >= 0.3 is 0 Å². The molecular weight excluding hydrogens is 286 g/mol. The van der Waals surface area contributed by atoms with Gasteiger partial charge in [0.1, 0.15) is 5.54 Å². The zero-order valence-corrected chi connectivity index (χ0v) is 13.8. The zero-order chi connectivity index (χ0) is 16.3. The van der Waals surface area contributed by atoms with Crippen molar-refractivity contribution in [2.45, 2.75) is 56.9 Å². The van der Waals surface area contributed by atoms with Crippen LogP contribution in [0.2, 0.25) is 0 Å². The standard InChI is InChI=1S/C19H25N3O/c1-21-17(23)18(9-2-10-18)13-8-15-4-6-16(7-5-15)22-19(14-20)11-3-12-19/h4-7,22H,2-3,8-13H2,1H3,(H,21,23). The lowest BCUT2D eigenvalue weighted by Crippen LogP contribution is -2.44. The summed E-state index contributed by atoms with van der Waals surface area (Å²) in [6.45, 7) is 0. The quantitative estimate of drug-likeness (QED) is 0.846. The molecule has 0 heterocycles.